The molecular weight excluding hydrogens is 1660 g/mol. The Morgan fingerprint density at radius 1 is 0.496 bits per heavy atom. The number of hydrogen-bond acceptors (Lipinski definition) is 22. The average molecular weight is 1760 g/mol. The zero-order valence-corrected chi connectivity index (χ0v) is 70.8. The predicted molar refractivity (Wildman–Crippen MR) is 471 cm³/mol. The van der Waals surface area contributed by atoms with Crippen molar-refractivity contribution >= 4 is 161 Å². The number of hydrogen-bond donors (Lipinski definition) is 9. The number of carboxylic acid groups (broad SMARTS) is 2. The fourth-order valence-corrected chi connectivity index (χ4v) is 16.8. The predicted octanol–water partition coefficient (Wildman–Crippen LogP) is 17.7. The number of para-hydroxylation sites is 3. The van der Waals surface area contributed by atoms with Crippen molar-refractivity contribution in [3.8, 4) is 0 Å². The summed E-state index contributed by atoms with van der Waals surface area (Å²) < 4.78 is 8.44. The normalized spacial score (nSPS) is 16.3. The summed E-state index contributed by atoms with van der Waals surface area (Å²) in [4.78, 5) is 60.6. The number of rotatable bonds is 17. The summed E-state index contributed by atoms with van der Waals surface area (Å²) in [6.45, 7) is 17.2. The van der Waals surface area contributed by atoms with Gasteiger partial charge < -0.3 is 79.9 Å². The summed E-state index contributed by atoms with van der Waals surface area (Å²) in [5, 5.41) is 57.9. The minimum Gasteiger partial charge on any atom is -0.481 e. The number of carboxylic acids is 2. The van der Waals surface area contributed by atoms with Crippen LogP contribution in [0.2, 0.25) is 13.6 Å². The van der Waals surface area contributed by atoms with Crippen LogP contribution in [0.5, 0.6) is 0 Å². The van der Waals surface area contributed by atoms with Crippen LogP contribution in [0.4, 0.5) is 63.5 Å². The molecule has 0 spiro atoms. The molecule has 5 aromatic heterocycles. The SMILES string of the molecule is CB(O)N1CCN(c2ccc(Nc3ncc(Br)c(N(c4ccccc4)C4CCCCC4)n3)cc2)CC1.CB(O)N1CCN(c2ccc(Nc3ncc4c5ccccc5n(C5CCCCC5)c4n3)cc2)CC1.CC(=O)O.CC(=O)O.N=NN=NCl.[Pd].c1ccc2c(c1)c1cnc(Nc3ccc(N4CCNCC4)cc3)nc1n2C1CCCCC1. The summed E-state index contributed by atoms with van der Waals surface area (Å²) in [5.41, 5.74) is 18.3. The molecule has 17 rings (SSSR count). The second-order valence-electron chi connectivity index (χ2n) is 29.9. The van der Waals surface area contributed by atoms with Crippen LogP contribution in [0, 0.1) is 5.53 Å². The number of anilines is 11. The van der Waals surface area contributed by atoms with E-state index in [1.54, 1.807) is 0 Å². The molecule has 0 unspecified atom stereocenters. The first-order valence-electron chi connectivity index (χ1n) is 40.6. The molecule has 28 nitrogen and oxygen atoms in total. The van der Waals surface area contributed by atoms with Gasteiger partial charge in [0.15, 0.2) is 5.82 Å². The topological polar surface area (TPSA) is 331 Å². The molecule has 3 saturated heterocycles. The van der Waals surface area contributed by atoms with Crippen LogP contribution >= 0.6 is 27.7 Å². The van der Waals surface area contributed by atoms with E-state index in [4.69, 9.17) is 40.3 Å². The summed E-state index contributed by atoms with van der Waals surface area (Å²) >= 11 is 8.27. The van der Waals surface area contributed by atoms with Gasteiger partial charge in [0.2, 0.25) is 17.8 Å². The van der Waals surface area contributed by atoms with Crippen LogP contribution in [0.3, 0.4) is 0 Å². The van der Waals surface area contributed by atoms with Crippen molar-refractivity contribution in [2.45, 2.75) is 142 Å². The van der Waals surface area contributed by atoms with E-state index in [0.717, 1.165) is 147 Å². The van der Waals surface area contributed by atoms with Gasteiger partial charge in [0, 0.05) is 211 Å². The Morgan fingerprint density at radius 2 is 0.855 bits per heavy atom. The largest absolute Gasteiger partial charge is 0.481 e. The van der Waals surface area contributed by atoms with Gasteiger partial charge >= 0.3 is 14.1 Å². The molecule has 6 aliphatic rings. The third-order valence-electron chi connectivity index (χ3n) is 22.1. The monoisotopic (exact) mass is 1760 g/mol. The Balaban J connectivity index is 0.000000159. The van der Waals surface area contributed by atoms with Gasteiger partial charge in [0.05, 0.1) is 27.3 Å². The molecule has 0 amide bonds. The Hall–Kier alpha value is -9.74. The standard InChI is InChI=1S/C27H34BBrN6O.C27H33BN6O.C26H30N6.2C2H4O2.ClHN4.Pd/c1-28(36)34-18-16-33(17-19-34)22-14-12-21(13-15-22)31-27-30-20-25(29)26(32-27)35(23-8-4-2-5-9-23)24-10-6-3-7-11-24;1-28(35)33-17-15-32(16-18-33)21-13-11-20(12-14-21)30-27-29-19-24-23-9-5-6-10-25(23)34(26(24)31-27)22-7-3-2-4-8-22;1-2-6-21(7-3-1)32-24-9-5-4-8-22(24)23-18-28-26(30-25(23)32)29-19-10-12-20(13-11-19)31-16-14-27-15-17-31;2*1-2(3)4;1-3-5-4-2;/h2,4-5,8-9,12-15,20,24,36H,3,6-7,10-11,16-19H2,1H3,(H,30,31,32);5-6,9-14,19,22,35H,2-4,7-8,15-18H2,1H3,(H,29,30,31);4-5,8-13,18,21,27H,1-3,6-7,14-17H2,(H,28,29,30);2*1H3,(H,3,4);2H;. The summed E-state index contributed by atoms with van der Waals surface area (Å²) in [5.74, 6) is 1.12. The van der Waals surface area contributed by atoms with E-state index in [-0.39, 0.29) is 34.5 Å². The van der Waals surface area contributed by atoms with Crippen LogP contribution < -0.4 is 40.9 Å². The quantitative estimate of drug-likeness (QED) is 0.0232. The van der Waals surface area contributed by atoms with Crippen LogP contribution in [0.25, 0.3) is 43.9 Å². The maximum Gasteiger partial charge on any atom is 0.376 e. The summed E-state index contributed by atoms with van der Waals surface area (Å²) in [7, 11) is -0.761. The molecular formula is C84H106B2BrClN22O6Pd. The third kappa shape index (κ3) is 24.0. The van der Waals surface area contributed by atoms with Crippen molar-refractivity contribution in [1.82, 2.24) is 54.0 Å². The Labute approximate surface area is 712 Å². The Morgan fingerprint density at radius 3 is 1.23 bits per heavy atom. The molecule has 8 heterocycles. The zero-order chi connectivity index (χ0) is 81.3. The Kier molecular flexibility index (Phi) is 33.3. The van der Waals surface area contributed by atoms with Gasteiger partial charge in [-0.15, -0.1) is 0 Å². The first-order valence-corrected chi connectivity index (χ1v) is 41.7. The van der Waals surface area contributed by atoms with Crippen LogP contribution in [0.1, 0.15) is 122 Å². The van der Waals surface area contributed by atoms with E-state index in [1.807, 2.05) is 32.2 Å². The number of aromatic nitrogens is 8. The van der Waals surface area contributed by atoms with Gasteiger partial charge in [0.1, 0.15) is 11.3 Å². The van der Waals surface area contributed by atoms with Gasteiger partial charge in [-0.05, 0) is 176 Å². The fraction of sp³-hybridized carbons (Fsp3) is 0.405. The number of benzene rings is 6. The molecule has 3 saturated carbocycles. The molecule has 11 aromatic rings. The number of aliphatic carboxylic acids is 2. The van der Waals surface area contributed by atoms with Crippen LogP contribution in [-0.4, -0.2) is 180 Å². The Bertz CT molecular complexity index is 4970. The smallest absolute Gasteiger partial charge is 0.376 e. The van der Waals surface area contributed by atoms with E-state index in [2.05, 4.69) is 269 Å². The molecule has 33 heteroatoms. The molecule has 6 fully saturated rings. The van der Waals surface area contributed by atoms with Crippen LogP contribution in [-0.2, 0) is 30.0 Å². The van der Waals surface area contributed by atoms with Crippen molar-refractivity contribution in [2.24, 2.45) is 15.1 Å². The first-order chi connectivity index (χ1) is 56.5. The minimum atomic E-state index is -0.833. The summed E-state index contributed by atoms with van der Waals surface area (Å²) in [6, 6.07) is 54.9. The zero-order valence-electron chi connectivity index (χ0n) is 66.9. The van der Waals surface area contributed by atoms with Crippen molar-refractivity contribution < 1.29 is 50.3 Å². The van der Waals surface area contributed by atoms with E-state index in [9.17, 15) is 10.0 Å². The molecule has 0 bridgehead atoms. The second kappa shape index (κ2) is 44.2. The second-order valence-corrected chi connectivity index (χ2v) is 31.0. The van der Waals surface area contributed by atoms with Crippen LogP contribution in [0.15, 0.2) is 190 Å². The van der Waals surface area contributed by atoms with Crippen molar-refractivity contribution in [3.63, 3.8) is 0 Å². The number of nitrogens with zero attached hydrogens (tertiary/aromatic N) is 17. The van der Waals surface area contributed by atoms with E-state index in [1.165, 1.54) is 135 Å². The summed E-state index contributed by atoms with van der Waals surface area (Å²) in [6.07, 6.45) is 24.7. The van der Waals surface area contributed by atoms with Crippen molar-refractivity contribution in [3.05, 3.63) is 175 Å². The first kappa shape index (κ1) is 88.1. The molecule has 9 N–H and O–H groups in total. The van der Waals surface area contributed by atoms with E-state index >= 15 is 0 Å². The van der Waals surface area contributed by atoms with E-state index in [0.29, 0.717) is 36.0 Å². The van der Waals surface area contributed by atoms with Gasteiger partial charge in [-0.1, -0.05) is 117 Å². The molecule has 6 aromatic carbocycles. The fourth-order valence-electron chi connectivity index (χ4n) is 16.4. The molecule has 0 atom stereocenters. The number of nitrogens with one attached hydrogen (secondary N) is 5. The average Bonchev–Trinajstić information content (AvgIpc) is 1.60. The van der Waals surface area contributed by atoms with Gasteiger partial charge in [-0.2, -0.15) is 20.5 Å². The molecule has 0 radical (unpaired) electrons. The molecule has 3 aliphatic heterocycles. The molecule has 618 valence electrons. The number of halogens is 2. The number of piperazine rings is 3. The third-order valence-corrected chi connectivity index (χ3v) is 22.7. The number of fused-ring (bicyclic) bond motifs is 6. The van der Waals surface area contributed by atoms with Gasteiger partial charge in [-0.3, -0.25) is 9.59 Å². The van der Waals surface area contributed by atoms with Crippen molar-refractivity contribution in [1.29, 1.82) is 5.53 Å². The maximum atomic E-state index is 9.80. The maximum absolute atomic E-state index is 9.80. The van der Waals surface area contributed by atoms with Gasteiger partial charge in [0.25, 0.3) is 11.9 Å². The van der Waals surface area contributed by atoms with Crippen molar-refractivity contribution in [2.75, 3.05) is 114 Å². The molecule has 117 heavy (non-hydrogen) atoms. The van der Waals surface area contributed by atoms with Gasteiger partial charge in [-0.25, -0.2) is 15.0 Å². The number of carbonyl (C=O) groups is 2. The minimum absolute atomic E-state index is 0. The molecule has 3 aliphatic carbocycles. The van der Waals surface area contributed by atoms with E-state index < -0.39 is 11.9 Å².